The summed E-state index contributed by atoms with van der Waals surface area (Å²) >= 11 is 0. The molecule has 1 unspecified atom stereocenters. The second-order valence-corrected chi connectivity index (χ2v) is 3.69. The van der Waals surface area contributed by atoms with Crippen LogP contribution < -0.4 is 5.73 Å². The Morgan fingerprint density at radius 2 is 2.12 bits per heavy atom. The lowest BCUT2D eigenvalue weighted by Gasteiger charge is -2.00. The van der Waals surface area contributed by atoms with E-state index in [4.69, 9.17) is 10.2 Å². The number of benzene rings is 1. The molecule has 1 aromatic heterocycles. The minimum atomic E-state index is -0.332. The Morgan fingerprint density at radius 1 is 1.38 bits per heavy atom. The summed E-state index contributed by atoms with van der Waals surface area (Å²) in [6, 6.07) is 4.10. The summed E-state index contributed by atoms with van der Waals surface area (Å²) in [5.41, 5.74) is 7.08. The number of nitrogens with two attached hydrogens (primary N) is 1. The van der Waals surface area contributed by atoms with Gasteiger partial charge in [-0.1, -0.05) is 6.07 Å². The van der Waals surface area contributed by atoms with Crippen LogP contribution in [0.25, 0.3) is 11.5 Å². The summed E-state index contributed by atoms with van der Waals surface area (Å²) in [5, 5.41) is 7.65. The lowest BCUT2D eigenvalue weighted by molar-refractivity contribution is 0.473. The number of hydrogen-bond donors (Lipinski definition) is 1. The van der Waals surface area contributed by atoms with Gasteiger partial charge < -0.3 is 10.2 Å². The molecule has 0 spiro atoms. The maximum absolute atomic E-state index is 13.1. The van der Waals surface area contributed by atoms with Gasteiger partial charge in [0.1, 0.15) is 5.82 Å². The van der Waals surface area contributed by atoms with Crippen molar-refractivity contribution in [3.8, 4) is 11.5 Å². The van der Waals surface area contributed by atoms with E-state index in [1.165, 1.54) is 12.1 Å². The van der Waals surface area contributed by atoms with E-state index in [2.05, 4.69) is 10.2 Å². The van der Waals surface area contributed by atoms with Gasteiger partial charge in [0, 0.05) is 5.56 Å². The first-order chi connectivity index (χ1) is 7.58. The molecule has 0 saturated heterocycles. The Labute approximate surface area is 92.3 Å². The molecule has 0 aliphatic rings. The van der Waals surface area contributed by atoms with E-state index >= 15 is 0 Å². The first-order valence-corrected chi connectivity index (χ1v) is 4.93. The quantitative estimate of drug-likeness (QED) is 0.844. The normalized spacial score (nSPS) is 12.8. The molecule has 0 radical (unpaired) electrons. The minimum absolute atomic E-state index is 0.296. The minimum Gasteiger partial charge on any atom is -0.419 e. The van der Waals surface area contributed by atoms with Gasteiger partial charge >= 0.3 is 0 Å². The van der Waals surface area contributed by atoms with Crippen molar-refractivity contribution in [3.05, 3.63) is 35.5 Å². The fourth-order valence-corrected chi connectivity index (χ4v) is 1.35. The van der Waals surface area contributed by atoms with E-state index in [0.29, 0.717) is 17.3 Å². The first kappa shape index (κ1) is 10.8. The van der Waals surface area contributed by atoms with Crippen molar-refractivity contribution in [1.29, 1.82) is 0 Å². The zero-order valence-corrected chi connectivity index (χ0v) is 9.07. The predicted octanol–water partition coefficient (Wildman–Crippen LogP) is 2.20. The molecule has 0 aliphatic carbocycles. The topological polar surface area (TPSA) is 64.9 Å². The number of rotatable bonds is 2. The van der Waals surface area contributed by atoms with E-state index in [-0.39, 0.29) is 11.9 Å². The van der Waals surface area contributed by atoms with Gasteiger partial charge in [-0.3, -0.25) is 0 Å². The summed E-state index contributed by atoms with van der Waals surface area (Å²) < 4.78 is 18.4. The molecular weight excluding hydrogens is 209 g/mol. The molecule has 2 N–H and O–H groups in total. The van der Waals surface area contributed by atoms with Gasteiger partial charge in [0.05, 0.1) is 6.04 Å². The maximum Gasteiger partial charge on any atom is 0.248 e. The number of nitrogens with zero attached hydrogens (tertiary/aromatic N) is 2. The maximum atomic E-state index is 13.1. The summed E-state index contributed by atoms with van der Waals surface area (Å²) in [5.74, 6) is 0.309. The molecule has 0 saturated carbocycles. The second-order valence-electron chi connectivity index (χ2n) is 3.69. The lowest BCUT2D eigenvalue weighted by atomic mass is 10.1. The standard InChI is InChI=1S/C11H12FN3O/c1-6-3-4-8(12)5-9(6)11-15-14-10(16-11)7(2)13/h3-5,7H,13H2,1-2H3. The summed E-state index contributed by atoms with van der Waals surface area (Å²) in [6.07, 6.45) is 0. The van der Waals surface area contributed by atoms with Crippen LogP contribution in [0.5, 0.6) is 0 Å². The number of hydrogen-bond acceptors (Lipinski definition) is 4. The van der Waals surface area contributed by atoms with Gasteiger partial charge in [-0.2, -0.15) is 0 Å². The molecule has 2 rings (SSSR count). The molecule has 2 aromatic rings. The van der Waals surface area contributed by atoms with Crippen molar-refractivity contribution in [1.82, 2.24) is 10.2 Å². The summed E-state index contributed by atoms with van der Waals surface area (Å²) in [7, 11) is 0. The molecule has 0 bridgehead atoms. The van der Waals surface area contributed by atoms with Crippen LogP contribution in [0.1, 0.15) is 24.4 Å². The number of halogens is 1. The van der Waals surface area contributed by atoms with Crippen LogP contribution in [0.4, 0.5) is 4.39 Å². The largest absolute Gasteiger partial charge is 0.419 e. The van der Waals surface area contributed by atoms with Crippen molar-refractivity contribution >= 4 is 0 Å². The molecule has 0 amide bonds. The smallest absolute Gasteiger partial charge is 0.248 e. The molecule has 1 atom stereocenters. The molecule has 5 heteroatoms. The summed E-state index contributed by atoms with van der Waals surface area (Å²) in [4.78, 5) is 0. The van der Waals surface area contributed by atoms with Crippen molar-refractivity contribution in [2.24, 2.45) is 5.73 Å². The Bertz CT molecular complexity index is 508. The third-order valence-electron chi connectivity index (χ3n) is 2.26. The Balaban J connectivity index is 2.46. The zero-order valence-electron chi connectivity index (χ0n) is 9.07. The molecule has 0 fully saturated rings. The van der Waals surface area contributed by atoms with Crippen LogP contribution in [0, 0.1) is 12.7 Å². The molecule has 1 heterocycles. The molecular formula is C11H12FN3O. The van der Waals surface area contributed by atoms with E-state index < -0.39 is 0 Å². The Hall–Kier alpha value is -1.75. The predicted molar refractivity (Wildman–Crippen MR) is 57.0 cm³/mol. The first-order valence-electron chi connectivity index (χ1n) is 4.93. The number of aryl methyl sites for hydroxylation is 1. The Kier molecular flexibility index (Phi) is 2.70. The highest BCUT2D eigenvalue weighted by Gasteiger charge is 2.13. The molecule has 16 heavy (non-hydrogen) atoms. The fourth-order valence-electron chi connectivity index (χ4n) is 1.35. The number of aromatic nitrogens is 2. The van der Waals surface area contributed by atoms with Crippen LogP contribution in [0.2, 0.25) is 0 Å². The SMILES string of the molecule is Cc1ccc(F)cc1-c1nnc(C(C)N)o1. The molecule has 0 aliphatic heterocycles. The van der Waals surface area contributed by atoms with Gasteiger partial charge in [-0.25, -0.2) is 4.39 Å². The van der Waals surface area contributed by atoms with Crippen LogP contribution in [0.15, 0.2) is 22.6 Å². The van der Waals surface area contributed by atoms with Gasteiger partial charge in [0.25, 0.3) is 0 Å². The van der Waals surface area contributed by atoms with Crippen LogP contribution >= 0.6 is 0 Å². The monoisotopic (exact) mass is 221 g/mol. The summed E-state index contributed by atoms with van der Waals surface area (Å²) in [6.45, 7) is 3.60. The fraction of sp³-hybridized carbons (Fsp3) is 0.273. The molecule has 1 aromatic carbocycles. The van der Waals surface area contributed by atoms with Crippen molar-refractivity contribution in [2.75, 3.05) is 0 Å². The highest BCUT2D eigenvalue weighted by atomic mass is 19.1. The van der Waals surface area contributed by atoms with E-state index in [9.17, 15) is 4.39 Å². The third-order valence-corrected chi connectivity index (χ3v) is 2.26. The van der Waals surface area contributed by atoms with Gasteiger partial charge in [0.2, 0.25) is 11.8 Å². The van der Waals surface area contributed by atoms with Crippen molar-refractivity contribution in [3.63, 3.8) is 0 Å². The average Bonchev–Trinajstić information content (AvgIpc) is 2.70. The van der Waals surface area contributed by atoms with E-state index in [1.807, 2.05) is 6.92 Å². The highest BCUT2D eigenvalue weighted by molar-refractivity contribution is 5.57. The van der Waals surface area contributed by atoms with E-state index in [0.717, 1.165) is 5.56 Å². The second kappa shape index (κ2) is 4.02. The average molecular weight is 221 g/mol. The highest BCUT2D eigenvalue weighted by Crippen LogP contribution is 2.24. The van der Waals surface area contributed by atoms with Crippen LogP contribution in [-0.2, 0) is 0 Å². The van der Waals surface area contributed by atoms with Gasteiger partial charge in [0.15, 0.2) is 0 Å². The van der Waals surface area contributed by atoms with Crippen LogP contribution in [0.3, 0.4) is 0 Å². The van der Waals surface area contributed by atoms with Gasteiger partial charge in [-0.05, 0) is 31.5 Å². The van der Waals surface area contributed by atoms with Crippen molar-refractivity contribution in [2.45, 2.75) is 19.9 Å². The van der Waals surface area contributed by atoms with Gasteiger partial charge in [-0.15, -0.1) is 10.2 Å². The zero-order chi connectivity index (χ0) is 11.7. The van der Waals surface area contributed by atoms with Crippen LogP contribution in [-0.4, -0.2) is 10.2 Å². The Morgan fingerprint density at radius 3 is 2.75 bits per heavy atom. The van der Waals surface area contributed by atoms with Crippen molar-refractivity contribution < 1.29 is 8.81 Å². The third kappa shape index (κ3) is 1.94. The van der Waals surface area contributed by atoms with E-state index in [1.54, 1.807) is 13.0 Å². The lowest BCUT2D eigenvalue weighted by Crippen LogP contribution is -2.04. The molecule has 4 nitrogen and oxygen atoms in total. The molecule has 84 valence electrons.